The van der Waals surface area contributed by atoms with E-state index in [4.69, 9.17) is 0 Å². The summed E-state index contributed by atoms with van der Waals surface area (Å²) >= 11 is 1.09. The van der Waals surface area contributed by atoms with Gasteiger partial charge in [0.15, 0.2) is 0 Å². The van der Waals surface area contributed by atoms with Gasteiger partial charge in [0.05, 0.1) is 16.7 Å². The molecule has 0 bridgehead atoms. The summed E-state index contributed by atoms with van der Waals surface area (Å²) in [6.07, 6.45) is -4.70. The molecule has 2 heterocycles. The van der Waals surface area contributed by atoms with E-state index in [2.05, 4.69) is 19.4 Å². The van der Waals surface area contributed by atoms with E-state index in [9.17, 15) is 21.6 Å². The number of aromatic nitrogens is 2. The lowest BCUT2D eigenvalue weighted by atomic mass is 10.3. The molecule has 0 aliphatic rings. The predicted molar refractivity (Wildman–Crippen MR) is 73.6 cm³/mol. The summed E-state index contributed by atoms with van der Waals surface area (Å²) < 4.78 is 66.8. The molecule has 2 aromatic rings. The van der Waals surface area contributed by atoms with E-state index in [-0.39, 0.29) is 11.6 Å². The lowest BCUT2D eigenvalue weighted by Crippen LogP contribution is -2.27. The molecule has 0 spiro atoms. The third-order valence-electron chi connectivity index (χ3n) is 2.68. The van der Waals surface area contributed by atoms with Gasteiger partial charge in [0, 0.05) is 4.88 Å². The van der Waals surface area contributed by atoms with Crippen LogP contribution in [0.15, 0.2) is 16.7 Å². The quantitative estimate of drug-likeness (QED) is 0.891. The molecular formula is C11H12F3N3O3S2. The molecule has 22 heavy (non-hydrogen) atoms. The lowest BCUT2D eigenvalue weighted by molar-refractivity contribution is -0.159. The smallest absolute Gasteiger partial charge is 0.329 e. The largest absolute Gasteiger partial charge is 0.471 e. The van der Waals surface area contributed by atoms with Crippen LogP contribution in [0.4, 0.5) is 13.2 Å². The molecule has 0 aliphatic carbocycles. The normalized spacial score (nSPS) is 14.2. The van der Waals surface area contributed by atoms with Crippen LogP contribution < -0.4 is 4.72 Å². The van der Waals surface area contributed by atoms with Crippen LogP contribution in [0.5, 0.6) is 0 Å². The third kappa shape index (κ3) is 3.84. The molecule has 6 nitrogen and oxygen atoms in total. The third-order valence-corrected chi connectivity index (χ3v) is 5.42. The van der Waals surface area contributed by atoms with Crippen LogP contribution >= 0.6 is 11.3 Å². The van der Waals surface area contributed by atoms with Crippen LogP contribution in [-0.4, -0.2) is 24.3 Å². The van der Waals surface area contributed by atoms with Crippen molar-refractivity contribution in [3.05, 3.63) is 22.9 Å². The molecule has 0 saturated carbocycles. The van der Waals surface area contributed by atoms with E-state index >= 15 is 0 Å². The molecular weight excluding hydrogens is 343 g/mol. The van der Waals surface area contributed by atoms with Crippen LogP contribution in [0.2, 0.25) is 0 Å². The molecule has 0 radical (unpaired) electrons. The van der Waals surface area contributed by atoms with Gasteiger partial charge >= 0.3 is 12.1 Å². The summed E-state index contributed by atoms with van der Waals surface area (Å²) in [5.74, 6) is -1.67. The van der Waals surface area contributed by atoms with E-state index < -0.39 is 28.1 Å². The summed E-state index contributed by atoms with van der Waals surface area (Å²) in [5, 5.41) is 3.28. The van der Waals surface area contributed by atoms with Gasteiger partial charge in [0.2, 0.25) is 15.8 Å². The van der Waals surface area contributed by atoms with Crippen molar-refractivity contribution in [3.8, 4) is 10.7 Å². The van der Waals surface area contributed by atoms with Gasteiger partial charge in [-0.05, 0) is 26.0 Å². The molecule has 0 fully saturated rings. The fraction of sp³-hybridized carbons (Fsp3) is 0.455. The van der Waals surface area contributed by atoms with Gasteiger partial charge < -0.3 is 4.52 Å². The first-order valence-corrected chi connectivity index (χ1v) is 8.60. The zero-order valence-corrected chi connectivity index (χ0v) is 13.1. The van der Waals surface area contributed by atoms with Crippen molar-refractivity contribution >= 4 is 21.4 Å². The summed E-state index contributed by atoms with van der Waals surface area (Å²) in [6.45, 7) is 3.15. The summed E-state index contributed by atoms with van der Waals surface area (Å²) in [7, 11) is -3.38. The van der Waals surface area contributed by atoms with Gasteiger partial charge in [-0.1, -0.05) is 5.16 Å². The molecule has 1 atom stereocenters. The van der Waals surface area contributed by atoms with E-state index in [1.807, 2.05) is 0 Å². The number of thiophene rings is 1. The number of rotatable bonds is 5. The highest BCUT2D eigenvalue weighted by atomic mass is 32.2. The molecule has 2 rings (SSSR count). The lowest BCUT2D eigenvalue weighted by Gasteiger charge is -2.10. The Bertz CT molecular complexity index is 752. The Morgan fingerprint density at radius 2 is 2.09 bits per heavy atom. The maximum absolute atomic E-state index is 12.4. The van der Waals surface area contributed by atoms with E-state index in [1.165, 1.54) is 13.0 Å². The van der Waals surface area contributed by atoms with E-state index in [0.29, 0.717) is 9.75 Å². The molecule has 0 aliphatic heterocycles. The van der Waals surface area contributed by atoms with Gasteiger partial charge in [-0.15, -0.1) is 11.3 Å². The van der Waals surface area contributed by atoms with Gasteiger partial charge in [0.1, 0.15) is 0 Å². The Morgan fingerprint density at radius 3 is 2.64 bits per heavy atom. The number of alkyl halides is 3. The van der Waals surface area contributed by atoms with Crippen molar-refractivity contribution in [3.63, 3.8) is 0 Å². The van der Waals surface area contributed by atoms with Crippen LogP contribution in [-0.2, 0) is 16.2 Å². The standard InChI is InChI=1S/C11H12F3N3O3S2/c1-3-22(18,19)17-6(2)7-4-5-8(21-7)9-15-10(20-16-9)11(12,13)14/h4-6,17H,3H2,1-2H3. The maximum atomic E-state index is 12.4. The first-order chi connectivity index (χ1) is 10.1. The summed E-state index contributed by atoms with van der Waals surface area (Å²) in [4.78, 5) is 4.27. The van der Waals surface area contributed by atoms with Crippen LogP contribution in [0, 0.1) is 0 Å². The second kappa shape index (κ2) is 5.97. The van der Waals surface area contributed by atoms with Gasteiger partial charge in [-0.25, -0.2) is 13.1 Å². The minimum atomic E-state index is -4.70. The number of hydrogen-bond acceptors (Lipinski definition) is 6. The average Bonchev–Trinajstić information content (AvgIpc) is 3.06. The zero-order chi connectivity index (χ0) is 16.5. The minimum Gasteiger partial charge on any atom is -0.329 e. The zero-order valence-electron chi connectivity index (χ0n) is 11.5. The van der Waals surface area contributed by atoms with Crippen molar-refractivity contribution in [1.29, 1.82) is 0 Å². The number of halogens is 3. The van der Waals surface area contributed by atoms with Crippen molar-refractivity contribution in [2.45, 2.75) is 26.1 Å². The van der Waals surface area contributed by atoms with E-state index in [0.717, 1.165) is 11.3 Å². The number of nitrogens with zero attached hydrogens (tertiary/aromatic N) is 2. The Hall–Kier alpha value is -1.46. The highest BCUT2D eigenvalue weighted by Gasteiger charge is 2.38. The molecule has 0 amide bonds. The van der Waals surface area contributed by atoms with E-state index in [1.54, 1.807) is 13.0 Å². The Balaban J connectivity index is 2.20. The molecule has 2 aromatic heterocycles. The SMILES string of the molecule is CCS(=O)(=O)NC(C)c1ccc(-c2noc(C(F)(F)F)n2)s1. The van der Waals surface area contributed by atoms with Gasteiger partial charge in [0.25, 0.3) is 0 Å². The molecule has 0 saturated heterocycles. The molecule has 122 valence electrons. The molecule has 1 N–H and O–H groups in total. The van der Waals surface area contributed by atoms with Crippen molar-refractivity contribution in [2.75, 3.05) is 5.75 Å². The Kier molecular flexibility index (Phi) is 4.59. The highest BCUT2D eigenvalue weighted by Crippen LogP contribution is 2.33. The fourth-order valence-electron chi connectivity index (χ4n) is 1.56. The van der Waals surface area contributed by atoms with Crippen molar-refractivity contribution < 1.29 is 26.1 Å². The fourth-order valence-corrected chi connectivity index (χ4v) is 3.40. The summed E-state index contributed by atoms with van der Waals surface area (Å²) in [6, 6.07) is 2.62. The van der Waals surface area contributed by atoms with Crippen molar-refractivity contribution in [2.24, 2.45) is 0 Å². The Labute approximate surface area is 128 Å². The number of sulfonamides is 1. The average molecular weight is 355 g/mol. The van der Waals surface area contributed by atoms with Crippen LogP contribution in [0.25, 0.3) is 10.7 Å². The van der Waals surface area contributed by atoms with Crippen molar-refractivity contribution in [1.82, 2.24) is 14.9 Å². The monoisotopic (exact) mass is 355 g/mol. The van der Waals surface area contributed by atoms with Gasteiger partial charge in [-0.3, -0.25) is 0 Å². The first-order valence-electron chi connectivity index (χ1n) is 6.13. The number of nitrogens with one attached hydrogen (secondary N) is 1. The minimum absolute atomic E-state index is 0.0602. The predicted octanol–water partition coefficient (Wildman–Crippen LogP) is 2.82. The maximum Gasteiger partial charge on any atom is 0.471 e. The highest BCUT2D eigenvalue weighted by molar-refractivity contribution is 7.89. The molecule has 0 aromatic carbocycles. The first kappa shape index (κ1) is 16.9. The second-order valence-electron chi connectivity index (χ2n) is 4.37. The molecule has 1 unspecified atom stereocenters. The Morgan fingerprint density at radius 1 is 1.41 bits per heavy atom. The van der Waals surface area contributed by atoms with Crippen LogP contribution in [0.1, 0.15) is 30.7 Å². The topological polar surface area (TPSA) is 85.1 Å². The number of hydrogen-bond donors (Lipinski definition) is 1. The second-order valence-corrected chi connectivity index (χ2v) is 7.52. The van der Waals surface area contributed by atoms with Gasteiger partial charge in [-0.2, -0.15) is 18.2 Å². The molecule has 11 heteroatoms. The van der Waals surface area contributed by atoms with Crippen LogP contribution in [0.3, 0.4) is 0 Å². The summed E-state index contributed by atoms with van der Waals surface area (Å²) in [5.41, 5.74) is 0.